The molecule has 2 aromatic rings. The van der Waals surface area contributed by atoms with Gasteiger partial charge in [0.2, 0.25) is 0 Å². The Morgan fingerprint density at radius 3 is 2.50 bits per heavy atom. The van der Waals surface area contributed by atoms with Gasteiger partial charge in [-0.25, -0.2) is 4.98 Å². The molecule has 0 saturated carbocycles. The van der Waals surface area contributed by atoms with Crippen LogP contribution >= 0.6 is 11.3 Å². The molecule has 0 amide bonds. The number of nitrogen functional groups attached to an aromatic ring is 1. The fourth-order valence-corrected chi connectivity index (χ4v) is 2.41. The van der Waals surface area contributed by atoms with Crippen LogP contribution in [0.1, 0.15) is 16.1 Å². The van der Waals surface area contributed by atoms with Crippen molar-refractivity contribution < 1.29 is 4.74 Å². The monoisotopic (exact) mass is 234 g/mol. The quantitative estimate of drug-likeness (QED) is 0.888. The highest BCUT2D eigenvalue weighted by atomic mass is 32.1. The van der Waals surface area contributed by atoms with Crippen LogP contribution in [0.5, 0.6) is 5.75 Å². The van der Waals surface area contributed by atoms with Crippen molar-refractivity contribution in [3.8, 4) is 5.75 Å². The Labute approximate surface area is 98.9 Å². The Morgan fingerprint density at radius 2 is 2.00 bits per heavy atom. The van der Waals surface area contributed by atoms with Crippen molar-refractivity contribution in [2.75, 3.05) is 12.8 Å². The molecule has 0 atom stereocenters. The molecule has 0 aliphatic carbocycles. The fourth-order valence-electron chi connectivity index (χ4n) is 1.54. The molecule has 0 spiro atoms. The standard InChI is InChI=1S/C12H14N2OS/c1-8-11(16-12(13)14-8)7-9-3-5-10(15-2)6-4-9/h3-6H,7H2,1-2H3,(H2,13,14). The molecule has 0 aliphatic heterocycles. The van der Waals surface area contributed by atoms with E-state index in [1.807, 2.05) is 19.1 Å². The molecular weight excluding hydrogens is 220 g/mol. The number of anilines is 1. The van der Waals surface area contributed by atoms with Gasteiger partial charge in [-0.15, -0.1) is 11.3 Å². The van der Waals surface area contributed by atoms with Gasteiger partial charge in [-0.2, -0.15) is 0 Å². The first kappa shape index (κ1) is 11.0. The molecule has 84 valence electrons. The summed E-state index contributed by atoms with van der Waals surface area (Å²) in [5.74, 6) is 0.879. The minimum atomic E-state index is 0.640. The molecule has 1 aromatic heterocycles. The van der Waals surface area contributed by atoms with Gasteiger partial charge >= 0.3 is 0 Å². The molecule has 2 rings (SSSR count). The number of rotatable bonds is 3. The Kier molecular flexibility index (Phi) is 3.10. The molecule has 0 radical (unpaired) electrons. The molecule has 0 saturated heterocycles. The fraction of sp³-hybridized carbons (Fsp3) is 0.250. The van der Waals surface area contributed by atoms with Gasteiger partial charge in [-0.3, -0.25) is 0 Å². The van der Waals surface area contributed by atoms with Crippen LogP contribution in [-0.4, -0.2) is 12.1 Å². The van der Waals surface area contributed by atoms with E-state index in [0.29, 0.717) is 5.13 Å². The summed E-state index contributed by atoms with van der Waals surface area (Å²) in [6.45, 7) is 1.99. The molecule has 3 nitrogen and oxygen atoms in total. The van der Waals surface area contributed by atoms with E-state index >= 15 is 0 Å². The van der Waals surface area contributed by atoms with E-state index in [2.05, 4.69) is 17.1 Å². The lowest BCUT2D eigenvalue weighted by Crippen LogP contribution is -1.88. The van der Waals surface area contributed by atoms with E-state index in [-0.39, 0.29) is 0 Å². The zero-order chi connectivity index (χ0) is 11.5. The van der Waals surface area contributed by atoms with Crippen molar-refractivity contribution in [2.45, 2.75) is 13.3 Å². The molecule has 1 heterocycles. The van der Waals surface area contributed by atoms with Crippen LogP contribution in [0.4, 0.5) is 5.13 Å². The Balaban J connectivity index is 2.17. The lowest BCUT2D eigenvalue weighted by molar-refractivity contribution is 0.414. The van der Waals surface area contributed by atoms with Crippen LogP contribution in [0.25, 0.3) is 0 Å². The summed E-state index contributed by atoms with van der Waals surface area (Å²) in [6, 6.07) is 8.06. The Hall–Kier alpha value is -1.55. The molecule has 2 N–H and O–H groups in total. The lowest BCUT2D eigenvalue weighted by atomic mass is 10.1. The van der Waals surface area contributed by atoms with E-state index < -0.39 is 0 Å². The first-order valence-electron chi connectivity index (χ1n) is 5.03. The molecule has 16 heavy (non-hydrogen) atoms. The van der Waals surface area contributed by atoms with Crippen molar-refractivity contribution in [3.63, 3.8) is 0 Å². The van der Waals surface area contributed by atoms with Gasteiger partial charge in [0.25, 0.3) is 0 Å². The molecule has 4 heteroatoms. The van der Waals surface area contributed by atoms with Gasteiger partial charge in [-0.05, 0) is 24.6 Å². The maximum absolute atomic E-state index is 5.67. The summed E-state index contributed by atoms with van der Waals surface area (Å²) in [5, 5.41) is 0.640. The molecule has 0 fully saturated rings. The summed E-state index contributed by atoms with van der Waals surface area (Å²) in [5.41, 5.74) is 7.94. The van der Waals surface area contributed by atoms with Crippen LogP contribution in [0.2, 0.25) is 0 Å². The third-order valence-corrected chi connectivity index (χ3v) is 3.42. The molecule has 0 aliphatic rings. The van der Waals surface area contributed by atoms with E-state index in [9.17, 15) is 0 Å². The highest BCUT2D eigenvalue weighted by molar-refractivity contribution is 7.15. The highest BCUT2D eigenvalue weighted by Crippen LogP contribution is 2.23. The van der Waals surface area contributed by atoms with E-state index in [1.54, 1.807) is 18.4 Å². The summed E-state index contributed by atoms with van der Waals surface area (Å²) < 4.78 is 5.12. The first-order chi connectivity index (χ1) is 7.69. The third-order valence-electron chi connectivity index (χ3n) is 2.43. The van der Waals surface area contributed by atoms with Gasteiger partial charge in [0, 0.05) is 11.3 Å². The van der Waals surface area contributed by atoms with Gasteiger partial charge < -0.3 is 10.5 Å². The number of nitrogens with zero attached hydrogens (tertiary/aromatic N) is 1. The van der Waals surface area contributed by atoms with Crippen LogP contribution in [0.15, 0.2) is 24.3 Å². The summed E-state index contributed by atoms with van der Waals surface area (Å²) >= 11 is 1.55. The van der Waals surface area contributed by atoms with Crippen LogP contribution in [0, 0.1) is 6.92 Å². The highest BCUT2D eigenvalue weighted by Gasteiger charge is 2.06. The van der Waals surface area contributed by atoms with Crippen LogP contribution in [-0.2, 0) is 6.42 Å². The zero-order valence-corrected chi connectivity index (χ0v) is 10.2. The van der Waals surface area contributed by atoms with Gasteiger partial charge in [0.1, 0.15) is 5.75 Å². The molecule has 0 unspecified atom stereocenters. The maximum atomic E-state index is 5.67. The number of ether oxygens (including phenoxy) is 1. The zero-order valence-electron chi connectivity index (χ0n) is 9.36. The summed E-state index contributed by atoms with van der Waals surface area (Å²) in [6.07, 6.45) is 0.880. The lowest BCUT2D eigenvalue weighted by Gasteiger charge is -2.02. The number of aryl methyl sites for hydroxylation is 1. The predicted molar refractivity (Wildman–Crippen MR) is 67.1 cm³/mol. The van der Waals surface area contributed by atoms with Crippen molar-refractivity contribution in [3.05, 3.63) is 40.4 Å². The first-order valence-corrected chi connectivity index (χ1v) is 5.85. The Morgan fingerprint density at radius 1 is 1.31 bits per heavy atom. The van der Waals surface area contributed by atoms with Crippen molar-refractivity contribution in [1.82, 2.24) is 4.98 Å². The van der Waals surface area contributed by atoms with Gasteiger partial charge in [0.05, 0.1) is 12.8 Å². The second-order valence-electron chi connectivity index (χ2n) is 3.59. The smallest absolute Gasteiger partial charge is 0.180 e. The average Bonchev–Trinajstić information content (AvgIpc) is 2.59. The topological polar surface area (TPSA) is 48.1 Å². The van der Waals surface area contributed by atoms with Gasteiger partial charge in [0.15, 0.2) is 5.13 Å². The molecule has 0 bridgehead atoms. The van der Waals surface area contributed by atoms with Crippen LogP contribution in [0.3, 0.4) is 0 Å². The second kappa shape index (κ2) is 4.53. The van der Waals surface area contributed by atoms with Crippen molar-refractivity contribution in [1.29, 1.82) is 0 Å². The van der Waals surface area contributed by atoms with E-state index in [0.717, 1.165) is 17.9 Å². The second-order valence-corrected chi connectivity index (χ2v) is 4.70. The number of benzene rings is 1. The van der Waals surface area contributed by atoms with E-state index in [1.165, 1.54) is 10.4 Å². The average molecular weight is 234 g/mol. The molecule has 1 aromatic carbocycles. The number of methoxy groups -OCH3 is 1. The number of nitrogens with two attached hydrogens (primary N) is 1. The predicted octanol–water partition coefficient (Wildman–Crippen LogP) is 2.63. The molecular formula is C12H14N2OS. The Bertz CT molecular complexity index is 476. The largest absolute Gasteiger partial charge is 0.497 e. The number of aromatic nitrogens is 1. The SMILES string of the molecule is COc1ccc(Cc2sc(N)nc2C)cc1. The third kappa shape index (κ3) is 2.33. The number of hydrogen-bond acceptors (Lipinski definition) is 4. The summed E-state index contributed by atoms with van der Waals surface area (Å²) in [4.78, 5) is 5.44. The van der Waals surface area contributed by atoms with Crippen molar-refractivity contribution in [2.24, 2.45) is 0 Å². The van der Waals surface area contributed by atoms with E-state index in [4.69, 9.17) is 10.5 Å². The minimum Gasteiger partial charge on any atom is -0.497 e. The number of thiazole rings is 1. The minimum absolute atomic E-state index is 0.640. The maximum Gasteiger partial charge on any atom is 0.180 e. The summed E-state index contributed by atoms with van der Waals surface area (Å²) in [7, 11) is 1.67. The normalized spacial score (nSPS) is 10.4. The van der Waals surface area contributed by atoms with Gasteiger partial charge in [-0.1, -0.05) is 12.1 Å². The number of hydrogen-bond donors (Lipinski definition) is 1. The van der Waals surface area contributed by atoms with Crippen LogP contribution < -0.4 is 10.5 Å². The van der Waals surface area contributed by atoms with Crippen molar-refractivity contribution >= 4 is 16.5 Å².